The topological polar surface area (TPSA) is 93.1 Å². The smallest absolute Gasteiger partial charge is 0.323 e. The summed E-state index contributed by atoms with van der Waals surface area (Å²) in [6.07, 6.45) is 4.00. The molecule has 3 aliphatic rings. The third-order valence-corrected chi connectivity index (χ3v) is 9.72. The van der Waals surface area contributed by atoms with Crippen LogP contribution in [0.15, 0.2) is 89.8 Å². The summed E-state index contributed by atoms with van der Waals surface area (Å²) in [7, 11) is 0. The van der Waals surface area contributed by atoms with Crippen LogP contribution in [0.4, 0.5) is 0 Å². The van der Waals surface area contributed by atoms with Crippen molar-refractivity contribution in [3.05, 3.63) is 106 Å². The molecule has 1 N–H and O–H groups in total. The Morgan fingerprint density at radius 1 is 0.896 bits per heavy atom. The molecule has 3 aromatic rings. The van der Waals surface area contributed by atoms with E-state index in [9.17, 15) is 19.5 Å². The third kappa shape index (κ3) is 6.30. The van der Waals surface area contributed by atoms with Crippen molar-refractivity contribution in [1.82, 2.24) is 4.90 Å². The fraction of sp³-hybridized carbons (Fsp3) is 0.390. The number of hydrogen-bond donors (Lipinski definition) is 1. The average Bonchev–Trinajstić information content (AvgIpc) is 3.00. The number of nitrogens with zero attached hydrogens (tertiary/aromatic N) is 1. The number of Topliss-reactive ketones (excluding diaryl/α,β-unsaturated/α-hetero) is 2. The van der Waals surface area contributed by atoms with Crippen molar-refractivity contribution < 1.29 is 29.0 Å². The zero-order chi connectivity index (χ0) is 34.4. The summed E-state index contributed by atoms with van der Waals surface area (Å²) in [5, 5.41) is 12.3. The predicted molar refractivity (Wildman–Crippen MR) is 187 cm³/mol. The zero-order valence-corrected chi connectivity index (χ0v) is 28.7. The highest BCUT2D eigenvalue weighted by Crippen LogP contribution is 2.55. The fourth-order valence-electron chi connectivity index (χ4n) is 7.86. The molecule has 0 bridgehead atoms. The van der Waals surface area contributed by atoms with Crippen LogP contribution in [-0.2, 0) is 27.4 Å². The first kappa shape index (κ1) is 33.3. The van der Waals surface area contributed by atoms with Gasteiger partial charge in [-0.3, -0.25) is 14.4 Å². The van der Waals surface area contributed by atoms with Crippen molar-refractivity contribution in [1.29, 1.82) is 0 Å². The maximum Gasteiger partial charge on any atom is 0.323 e. The molecule has 2 aliphatic carbocycles. The van der Waals surface area contributed by atoms with E-state index >= 15 is 0 Å². The van der Waals surface area contributed by atoms with Gasteiger partial charge in [-0.05, 0) is 65.0 Å². The molecular weight excluding hydrogens is 602 g/mol. The maximum absolute atomic E-state index is 14.2. The van der Waals surface area contributed by atoms with E-state index in [1.54, 1.807) is 4.90 Å². The SMILES string of the molecule is C=CCc1cc(C2C3=C(CC(C)(C)CC3=O)N(CC(=O)O)C3=C2C(=O)CC(C)(C)C3)cc(OCC)c1OCc1cccc2ccccc12. The molecule has 0 aromatic heterocycles. The Kier molecular flexibility index (Phi) is 8.84. The second-order valence-electron chi connectivity index (χ2n) is 14.9. The average molecular weight is 648 g/mol. The van der Waals surface area contributed by atoms with Gasteiger partial charge in [0.05, 0.1) is 6.61 Å². The lowest BCUT2D eigenvalue weighted by Crippen LogP contribution is -2.45. The van der Waals surface area contributed by atoms with E-state index in [1.807, 2.05) is 71.0 Å². The van der Waals surface area contributed by atoms with Gasteiger partial charge in [-0.2, -0.15) is 0 Å². The second-order valence-corrected chi connectivity index (χ2v) is 14.9. The van der Waals surface area contributed by atoms with Gasteiger partial charge in [-0.15, -0.1) is 6.58 Å². The molecule has 1 heterocycles. The van der Waals surface area contributed by atoms with Gasteiger partial charge in [0.15, 0.2) is 23.1 Å². The van der Waals surface area contributed by atoms with Crippen LogP contribution >= 0.6 is 0 Å². The highest BCUT2D eigenvalue weighted by atomic mass is 16.5. The Balaban J connectivity index is 1.53. The molecule has 0 unspecified atom stereocenters. The molecule has 0 atom stereocenters. The first-order valence-corrected chi connectivity index (χ1v) is 16.8. The molecule has 0 saturated carbocycles. The quantitative estimate of drug-likeness (QED) is 0.221. The number of hydrogen-bond acceptors (Lipinski definition) is 6. The number of carboxylic acids is 1. The van der Waals surface area contributed by atoms with Crippen LogP contribution in [0, 0.1) is 10.8 Å². The molecule has 3 aromatic carbocycles. The summed E-state index contributed by atoms with van der Waals surface area (Å²) in [5.74, 6) is -0.597. The Morgan fingerprint density at radius 3 is 2.12 bits per heavy atom. The lowest BCUT2D eigenvalue weighted by atomic mass is 9.63. The van der Waals surface area contributed by atoms with Crippen LogP contribution in [0.1, 0.15) is 82.9 Å². The van der Waals surface area contributed by atoms with Crippen molar-refractivity contribution >= 4 is 28.3 Å². The first-order valence-electron chi connectivity index (χ1n) is 16.8. The lowest BCUT2D eigenvalue weighted by molar-refractivity contribution is -0.138. The summed E-state index contributed by atoms with van der Waals surface area (Å²) in [4.78, 5) is 42.4. The molecule has 6 rings (SSSR count). The van der Waals surface area contributed by atoms with Crippen LogP contribution in [0.25, 0.3) is 10.8 Å². The van der Waals surface area contributed by atoms with Gasteiger partial charge in [-0.1, -0.05) is 82.3 Å². The van der Waals surface area contributed by atoms with Crippen molar-refractivity contribution in [3.63, 3.8) is 0 Å². The van der Waals surface area contributed by atoms with Gasteiger partial charge in [0, 0.05) is 46.9 Å². The molecular formula is C41H45NO6. The number of aliphatic carboxylic acids is 1. The monoisotopic (exact) mass is 647 g/mol. The zero-order valence-electron chi connectivity index (χ0n) is 28.7. The van der Waals surface area contributed by atoms with Crippen molar-refractivity contribution in [2.45, 2.75) is 79.2 Å². The summed E-state index contributed by atoms with van der Waals surface area (Å²) < 4.78 is 12.8. The summed E-state index contributed by atoms with van der Waals surface area (Å²) in [6, 6.07) is 18.3. The van der Waals surface area contributed by atoms with Crippen LogP contribution < -0.4 is 9.47 Å². The summed E-state index contributed by atoms with van der Waals surface area (Å²) in [6.45, 7) is 14.5. The number of allylic oxidation sites excluding steroid dienone is 5. The molecule has 0 amide bonds. The number of ether oxygens (including phenoxy) is 2. The molecule has 250 valence electrons. The van der Waals surface area contributed by atoms with Gasteiger partial charge in [0.2, 0.25) is 0 Å². The van der Waals surface area contributed by atoms with E-state index in [0.29, 0.717) is 79.4 Å². The van der Waals surface area contributed by atoms with E-state index in [1.165, 1.54) is 0 Å². The van der Waals surface area contributed by atoms with Crippen LogP contribution in [-0.4, -0.2) is 40.7 Å². The number of carbonyl (C=O) groups is 3. The van der Waals surface area contributed by atoms with E-state index in [4.69, 9.17) is 9.47 Å². The summed E-state index contributed by atoms with van der Waals surface area (Å²) >= 11 is 0. The molecule has 7 heteroatoms. The number of ketones is 2. The fourth-order valence-corrected chi connectivity index (χ4v) is 7.86. The normalized spacial score (nSPS) is 18.9. The molecule has 0 spiro atoms. The van der Waals surface area contributed by atoms with Crippen LogP contribution in [0.5, 0.6) is 11.5 Å². The Bertz CT molecular complexity index is 1830. The second kappa shape index (κ2) is 12.8. The maximum atomic E-state index is 14.2. The largest absolute Gasteiger partial charge is 0.490 e. The first-order chi connectivity index (χ1) is 22.8. The van der Waals surface area contributed by atoms with Crippen molar-refractivity contribution in [2.24, 2.45) is 10.8 Å². The molecule has 0 saturated heterocycles. The summed E-state index contributed by atoms with van der Waals surface area (Å²) in [5.41, 5.74) is 4.43. The number of carbonyl (C=O) groups excluding carboxylic acids is 2. The van der Waals surface area contributed by atoms with Crippen LogP contribution in [0.2, 0.25) is 0 Å². The van der Waals surface area contributed by atoms with Gasteiger partial charge in [0.1, 0.15) is 13.2 Å². The van der Waals surface area contributed by atoms with E-state index in [-0.39, 0.29) is 28.9 Å². The molecule has 1 aliphatic heterocycles. The minimum atomic E-state index is -1.00. The van der Waals surface area contributed by atoms with Crippen molar-refractivity contribution in [3.8, 4) is 11.5 Å². The molecule has 0 radical (unpaired) electrons. The number of rotatable bonds is 10. The third-order valence-electron chi connectivity index (χ3n) is 9.72. The van der Waals surface area contributed by atoms with Gasteiger partial charge in [-0.25, -0.2) is 0 Å². The Hall–Kier alpha value is -4.65. The lowest BCUT2D eigenvalue weighted by Gasteiger charge is -2.48. The standard InChI is InChI=1S/C41H45NO6/c1-7-12-26-17-28(18-34(47-8-2)39(26)48-24-27-15-11-14-25-13-9-10-16-29(25)27)36-37-30(19-40(3,4)21-32(37)43)42(23-35(45)46)31-20-41(5,6)22-33(44)38(31)36/h7,9-11,13-18,36H,1,8,12,19-24H2,2-6H3,(H,45,46). The van der Waals surface area contributed by atoms with E-state index < -0.39 is 11.9 Å². The Morgan fingerprint density at radius 2 is 1.52 bits per heavy atom. The van der Waals surface area contributed by atoms with E-state index in [0.717, 1.165) is 27.5 Å². The minimum absolute atomic E-state index is 0.0506. The minimum Gasteiger partial charge on any atom is -0.490 e. The molecule has 0 fully saturated rings. The van der Waals surface area contributed by atoms with Gasteiger partial charge < -0.3 is 19.5 Å². The molecule has 7 nitrogen and oxygen atoms in total. The van der Waals surface area contributed by atoms with Crippen molar-refractivity contribution in [2.75, 3.05) is 13.2 Å². The van der Waals surface area contributed by atoms with E-state index in [2.05, 4.69) is 30.8 Å². The molecule has 48 heavy (non-hydrogen) atoms. The van der Waals surface area contributed by atoms with Crippen LogP contribution in [0.3, 0.4) is 0 Å². The van der Waals surface area contributed by atoms with Gasteiger partial charge >= 0.3 is 5.97 Å². The Labute approximate surface area is 282 Å². The number of carboxylic acid groups (broad SMARTS) is 1. The predicted octanol–water partition coefficient (Wildman–Crippen LogP) is 8.32. The number of fused-ring (bicyclic) bond motifs is 1. The van der Waals surface area contributed by atoms with Gasteiger partial charge in [0.25, 0.3) is 0 Å². The number of benzene rings is 3. The highest BCUT2D eigenvalue weighted by molar-refractivity contribution is 6.07. The highest BCUT2D eigenvalue weighted by Gasteiger charge is 2.49.